The van der Waals surface area contributed by atoms with Crippen LogP contribution in [-0.2, 0) is 0 Å². The number of nitrogen functional groups attached to an aromatic ring is 1. The lowest BCUT2D eigenvalue weighted by atomic mass is 10.3. The second kappa shape index (κ2) is 6.34. The van der Waals surface area contributed by atoms with E-state index in [9.17, 15) is 0 Å². The molecule has 2 aromatic rings. The third kappa shape index (κ3) is 3.20. The van der Waals surface area contributed by atoms with Crippen LogP contribution in [-0.4, -0.2) is 15.0 Å². The monoisotopic (exact) mass is 217 g/mol. The number of hydrogen-bond donors (Lipinski definition) is 2. The SMILES string of the molecule is CC.Nc1cnccc1Nc1ncccn1. The number of anilines is 3. The van der Waals surface area contributed by atoms with E-state index in [2.05, 4.69) is 20.3 Å². The van der Waals surface area contributed by atoms with Crippen molar-refractivity contribution in [2.45, 2.75) is 13.8 Å². The van der Waals surface area contributed by atoms with Crippen molar-refractivity contribution < 1.29 is 0 Å². The summed E-state index contributed by atoms with van der Waals surface area (Å²) in [5.74, 6) is 0.519. The normalized spacial score (nSPS) is 8.88. The Morgan fingerprint density at radius 2 is 1.81 bits per heavy atom. The number of nitrogens with one attached hydrogen (secondary N) is 1. The van der Waals surface area contributed by atoms with Gasteiger partial charge in [-0.25, -0.2) is 9.97 Å². The fourth-order valence-electron chi connectivity index (χ4n) is 1.00. The average molecular weight is 217 g/mol. The molecule has 5 heteroatoms. The van der Waals surface area contributed by atoms with Crippen LogP contribution < -0.4 is 11.1 Å². The summed E-state index contributed by atoms with van der Waals surface area (Å²) in [4.78, 5) is 11.9. The van der Waals surface area contributed by atoms with E-state index in [4.69, 9.17) is 5.73 Å². The lowest BCUT2D eigenvalue weighted by Crippen LogP contribution is -1.99. The smallest absolute Gasteiger partial charge is 0.227 e. The zero-order valence-electron chi connectivity index (χ0n) is 9.38. The molecular weight excluding hydrogens is 202 g/mol. The second-order valence-corrected chi connectivity index (χ2v) is 2.66. The number of nitrogens with zero attached hydrogens (tertiary/aromatic N) is 3. The van der Waals surface area contributed by atoms with E-state index in [1.54, 1.807) is 36.9 Å². The molecule has 0 unspecified atom stereocenters. The van der Waals surface area contributed by atoms with Crippen LogP contribution in [0, 0.1) is 0 Å². The Morgan fingerprint density at radius 1 is 1.12 bits per heavy atom. The minimum absolute atomic E-state index is 0.519. The molecule has 0 amide bonds. The van der Waals surface area contributed by atoms with E-state index in [-0.39, 0.29) is 0 Å². The van der Waals surface area contributed by atoms with Crippen LogP contribution >= 0.6 is 0 Å². The average Bonchev–Trinajstić information content (AvgIpc) is 2.36. The third-order valence-electron chi connectivity index (χ3n) is 1.66. The quantitative estimate of drug-likeness (QED) is 0.806. The first-order valence-electron chi connectivity index (χ1n) is 5.10. The molecule has 0 aliphatic carbocycles. The number of pyridine rings is 1. The Bertz CT molecular complexity index is 416. The Labute approximate surface area is 94.8 Å². The highest BCUT2D eigenvalue weighted by atomic mass is 15.1. The minimum atomic E-state index is 0.519. The van der Waals surface area contributed by atoms with Gasteiger partial charge in [0.25, 0.3) is 0 Å². The van der Waals surface area contributed by atoms with Crippen molar-refractivity contribution in [2.75, 3.05) is 11.1 Å². The van der Waals surface area contributed by atoms with Gasteiger partial charge in [0.2, 0.25) is 5.95 Å². The van der Waals surface area contributed by atoms with Gasteiger partial charge in [-0.05, 0) is 12.1 Å². The van der Waals surface area contributed by atoms with Gasteiger partial charge < -0.3 is 11.1 Å². The Kier molecular flexibility index (Phi) is 4.72. The highest BCUT2D eigenvalue weighted by Gasteiger charge is 1.99. The molecule has 2 aromatic heterocycles. The zero-order chi connectivity index (χ0) is 11.8. The van der Waals surface area contributed by atoms with Crippen molar-refractivity contribution in [2.24, 2.45) is 0 Å². The summed E-state index contributed by atoms with van der Waals surface area (Å²) in [5.41, 5.74) is 7.01. The maximum Gasteiger partial charge on any atom is 0.227 e. The van der Waals surface area contributed by atoms with Crippen molar-refractivity contribution in [1.29, 1.82) is 0 Å². The summed E-state index contributed by atoms with van der Waals surface area (Å²) in [7, 11) is 0. The van der Waals surface area contributed by atoms with Gasteiger partial charge in [-0.1, -0.05) is 13.8 Å². The van der Waals surface area contributed by atoms with Crippen LogP contribution in [0.1, 0.15) is 13.8 Å². The van der Waals surface area contributed by atoms with Gasteiger partial charge in [0.15, 0.2) is 0 Å². The molecule has 0 saturated carbocycles. The van der Waals surface area contributed by atoms with E-state index in [0.717, 1.165) is 5.69 Å². The molecule has 3 N–H and O–H groups in total. The van der Waals surface area contributed by atoms with E-state index < -0.39 is 0 Å². The predicted molar refractivity (Wildman–Crippen MR) is 65.3 cm³/mol. The van der Waals surface area contributed by atoms with Crippen LogP contribution in [0.5, 0.6) is 0 Å². The number of aromatic nitrogens is 3. The fourth-order valence-corrected chi connectivity index (χ4v) is 1.00. The molecule has 0 aliphatic rings. The highest BCUT2D eigenvalue weighted by Crippen LogP contribution is 2.18. The van der Waals surface area contributed by atoms with Crippen LogP contribution in [0.25, 0.3) is 0 Å². The molecule has 0 bridgehead atoms. The van der Waals surface area contributed by atoms with Gasteiger partial charge in [-0.2, -0.15) is 0 Å². The first-order chi connectivity index (χ1) is 7.86. The van der Waals surface area contributed by atoms with Gasteiger partial charge in [-0.15, -0.1) is 0 Å². The molecule has 0 aromatic carbocycles. The lowest BCUT2D eigenvalue weighted by Gasteiger charge is -2.05. The van der Waals surface area contributed by atoms with Crippen molar-refractivity contribution in [3.05, 3.63) is 36.9 Å². The van der Waals surface area contributed by atoms with Crippen LogP contribution in [0.3, 0.4) is 0 Å². The van der Waals surface area contributed by atoms with Crippen molar-refractivity contribution in [1.82, 2.24) is 15.0 Å². The number of rotatable bonds is 2. The highest BCUT2D eigenvalue weighted by molar-refractivity contribution is 5.68. The zero-order valence-corrected chi connectivity index (χ0v) is 9.38. The van der Waals surface area contributed by atoms with Crippen LogP contribution in [0.2, 0.25) is 0 Å². The van der Waals surface area contributed by atoms with E-state index in [1.165, 1.54) is 0 Å². The first-order valence-corrected chi connectivity index (χ1v) is 5.10. The molecule has 5 nitrogen and oxygen atoms in total. The summed E-state index contributed by atoms with van der Waals surface area (Å²) >= 11 is 0. The molecule has 16 heavy (non-hydrogen) atoms. The lowest BCUT2D eigenvalue weighted by molar-refractivity contribution is 1.16. The number of nitrogens with two attached hydrogens (primary N) is 1. The molecule has 2 heterocycles. The van der Waals surface area contributed by atoms with E-state index in [0.29, 0.717) is 11.6 Å². The second-order valence-electron chi connectivity index (χ2n) is 2.66. The molecule has 0 radical (unpaired) electrons. The molecule has 0 saturated heterocycles. The van der Waals surface area contributed by atoms with E-state index in [1.807, 2.05) is 13.8 Å². The van der Waals surface area contributed by atoms with Gasteiger partial charge in [0, 0.05) is 18.6 Å². The summed E-state index contributed by atoms with van der Waals surface area (Å²) in [5, 5.41) is 2.98. The Morgan fingerprint density at radius 3 is 2.44 bits per heavy atom. The van der Waals surface area contributed by atoms with Gasteiger partial charge >= 0.3 is 0 Å². The Hall–Kier alpha value is -2.17. The summed E-state index contributed by atoms with van der Waals surface area (Å²) in [6, 6.07) is 3.52. The molecule has 0 spiro atoms. The van der Waals surface area contributed by atoms with Crippen molar-refractivity contribution in [3.8, 4) is 0 Å². The summed E-state index contributed by atoms with van der Waals surface area (Å²) in [6.45, 7) is 4.00. The standard InChI is InChI=1S/C9H9N5.C2H6/c10-7-6-11-5-2-8(7)14-9-12-3-1-4-13-9;1-2/h1-6H,10H2,(H,11,12,13,14);1-2H3. The third-order valence-corrected chi connectivity index (χ3v) is 1.66. The molecule has 2 rings (SSSR count). The Balaban J connectivity index is 0.000000606. The maximum atomic E-state index is 5.69. The van der Waals surface area contributed by atoms with Crippen LogP contribution in [0.4, 0.5) is 17.3 Å². The molecule has 84 valence electrons. The molecular formula is C11H15N5. The molecule has 0 atom stereocenters. The van der Waals surface area contributed by atoms with Gasteiger partial charge in [0.05, 0.1) is 17.6 Å². The van der Waals surface area contributed by atoms with Crippen molar-refractivity contribution in [3.63, 3.8) is 0 Å². The predicted octanol–water partition coefficient (Wildman–Crippen LogP) is 2.22. The topological polar surface area (TPSA) is 76.7 Å². The summed E-state index contributed by atoms with van der Waals surface area (Å²) < 4.78 is 0. The minimum Gasteiger partial charge on any atom is -0.396 e. The fraction of sp³-hybridized carbons (Fsp3) is 0.182. The molecule has 0 aliphatic heterocycles. The van der Waals surface area contributed by atoms with Crippen LogP contribution in [0.15, 0.2) is 36.9 Å². The first kappa shape index (κ1) is 11.9. The van der Waals surface area contributed by atoms with Gasteiger partial charge in [0.1, 0.15) is 0 Å². The maximum absolute atomic E-state index is 5.69. The summed E-state index contributed by atoms with van der Waals surface area (Å²) in [6.07, 6.45) is 6.55. The van der Waals surface area contributed by atoms with Gasteiger partial charge in [-0.3, -0.25) is 4.98 Å². The number of hydrogen-bond acceptors (Lipinski definition) is 5. The van der Waals surface area contributed by atoms with E-state index >= 15 is 0 Å². The largest absolute Gasteiger partial charge is 0.396 e. The van der Waals surface area contributed by atoms with Crippen molar-refractivity contribution >= 4 is 17.3 Å². The molecule has 0 fully saturated rings.